The van der Waals surface area contributed by atoms with Crippen LogP contribution in [0.2, 0.25) is 0 Å². The molecule has 2 rings (SSSR count). The predicted octanol–water partition coefficient (Wildman–Crippen LogP) is 3.86. The van der Waals surface area contributed by atoms with Crippen LogP contribution in [-0.4, -0.2) is 21.0 Å². The Hall–Kier alpha value is -0.900. The van der Waals surface area contributed by atoms with Gasteiger partial charge < -0.3 is 4.74 Å². The van der Waals surface area contributed by atoms with Gasteiger partial charge in [-0.15, -0.1) is 22.7 Å². The second kappa shape index (κ2) is 6.47. The second-order valence-electron chi connectivity index (χ2n) is 4.00. The van der Waals surface area contributed by atoms with Crippen LogP contribution in [0.1, 0.15) is 22.2 Å². The molecule has 114 valence electrons. The highest BCUT2D eigenvalue weighted by molar-refractivity contribution is 9.10. The van der Waals surface area contributed by atoms with E-state index < -0.39 is 16.0 Å². The normalized spacial score (nSPS) is 11.4. The van der Waals surface area contributed by atoms with Gasteiger partial charge in [0.2, 0.25) is 0 Å². The minimum atomic E-state index is -3.66. The van der Waals surface area contributed by atoms with E-state index in [0.717, 1.165) is 22.7 Å². The molecule has 5 nitrogen and oxygen atoms in total. The van der Waals surface area contributed by atoms with E-state index >= 15 is 0 Å². The van der Waals surface area contributed by atoms with Crippen molar-refractivity contribution in [2.45, 2.75) is 18.1 Å². The SMILES string of the molecule is CCOC(=O)c1sc(NS(=O)(=O)c2sccc2Br)cc1C. The van der Waals surface area contributed by atoms with Crippen molar-refractivity contribution in [3.05, 3.63) is 32.4 Å². The summed E-state index contributed by atoms with van der Waals surface area (Å²) in [5.74, 6) is -0.442. The number of hydrogen-bond donors (Lipinski definition) is 1. The zero-order valence-electron chi connectivity index (χ0n) is 11.2. The number of nitrogens with one attached hydrogen (secondary N) is 1. The van der Waals surface area contributed by atoms with Gasteiger partial charge in [-0.05, 0) is 52.9 Å². The molecular formula is C12H12BrNO4S3. The lowest BCUT2D eigenvalue weighted by Gasteiger charge is -2.03. The highest BCUT2D eigenvalue weighted by atomic mass is 79.9. The third-order valence-corrected chi connectivity index (χ3v) is 7.74. The van der Waals surface area contributed by atoms with E-state index in [1.54, 1.807) is 31.4 Å². The molecule has 0 radical (unpaired) electrons. The topological polar surface area (TPSA) is 72.5 Å². The molecule has 0 saturated heterocycles. The maximum absolute atomic E-state index is 12.3. The maximum atomic E-state index is 12.3. The molecule has 0 saturated carbocycles. The number of esters is 1. The lowest BCUT2D eigenvalue weighted by Crippen LogP contribution is -2.10. The van der Waals surface area contributed by atoms with Gasteiger partial charge in [-0.25, -0.2) is 13.2 Å². The fraction of sp³-hybridized carbons (Fsp3) is 0.250. The quantitative estimate of drug-likeness (QED) is 0.760. The van der Waals surface area contributed by atoms with Gasteiger partial charge in [0, 0.05) is 4.47 Å². The average Bonchev–Trinajstić information content (AvgIpc) is 2.95. The smallest absolute Gasteiger partial charge is 0.348 e. The fourth-order valence-corrected chi connectivity index (χ4v) is 6.17. The highest BCUT2D eigenvalue weighted by Gasteiger charge is 2.22. The van der Waals surface area contributed by atoms with E-state index in [9.17, 15) is 13.2 Å². The van der Waals surface area contributed by atoms with E-state index in [2.05, 4.69) is 20.7 Å². The predicted molar refractivity (Wildman–Crippen MR) is 87.8 cm³/mol. The molecule has 2 aromatic heterocycles. The zero-order chi connectivity index (χ0) is 15.6. The standard InChI is InChI=1S/C12H12BrNO4S3/c1-3-18-11(15)10-7(2)6-9(20-10)14-21(16,17)12-8(13)4-5-19-12/h4-6,14H,3H2,1-2H3. The molecule has 2 aromatic rings. The van der Waals surface area contributed by atoms with Gasteiger partial charge in [-0.1, -0.05) is 0 Å². The number of thiophene rings is 2. The van der Waals surface area contributed by atoms with Crippen molar-refractivity contribution in [2.24, 2.45) is 0 Å². The van der Waals surface area contributed by atoms with Crippen LogP contribution in [0, 0.1) is 6.92 Å². The van der Waals surface area contributed by atoms with E-state index in [1.807, 2.05) is 0 Å². The minimum absolute atomic E-state index is 0.200. The van der Waals surface area contributed by atoms with E-state index in [1.165, 1.54) is 0 Å². The van der Waals surface area contributed by atoms with Crippen molar-refractivity contribution in [1.29, 1.82) is 0 Å². The number of halogens is 1. The monoisotopic (exact) mass is 409 g/mol. The molecule has 0 aromatic carbocycles. The number of ether oxygens (including phenoxy) is 1. The number of carbonyl (C=O) groups is 1. The summed E-state index contributed by atoms with van der Waals surface area (Å²) < 4.78 is 32.6. The first-order valence-electron chi connectivity index (χ1n) is 5.88. The number of aryl methyl sites for hydroxylation is 1. The molecule has 0 aliphatic heterocycles. The Bertz CT molecular complexity index is 763. The summed E-state index contributed by atoms with van der Waals surface area (Å²) in [6, 6.07) is 3.29. The molecule has 21 heavy (non-hydrogen) atoms. The third kappa shape index (κ3) is 3.65. The molecular weight excluding hydrogens is 398 g/mol. The first kappa shape index (κ1) is 16.5. The van der Waals surface area contributed by atoms with Crippen LogP contribution in [0.5, 0.6) is 0 Å². The summed E-state index contributed by atoms with van der Waals surface area (Å²) in [6.45, 7) is 3.74. The molecule has 0 fully saturated rings. The van der Waals surface area contributed by atoms with E-state index in [-0.39, 0.29) is 10.8 Å². The second-order valence-corrected chi connectivity index (χ2v) is 8.71. The van der Waals surface area contributed by atoms with Gasteiger partial charge in [0.1, 0.15) is 9.88 Å². The van der Waals surface area contributed by atoms with E-state index in [0.29, 0.717) is 19.9 Å². The Morgan fingerprint density at radius 2 is 2.19 bits per heavy atom. The van der Waals surface area contributed by atoms with Crippen molar-refractivity contribution in [1.82, 2.24) is 0 Å². The number of sulfonamides is 1. The molecule has 0 amide bonds. The summed E-state index contributed by atoms with van der Waals surface area (Å²) >= 11 is 5.38. The molecule has 0 spiro atoms. The van der Waals surface area contributed by atoms with Crippen LogP contribution < -0.4 is 4.72 Å². The highest BCUT2D eigenvalue weighted by Crippen LogP contribution is 2.33. The Morgan fingerprint density at radius 3 is 2.76 bits per heavy atom. The molecule has 1 N–H and O–H groups in total. The summed E-state index contributed by atoms with van der Waals surface area (Å²) in [6.07, 6.45) is 0. The third-order valence-electron chi connectivity index (χ3n) is 2.44. The van der Waals surface area contributed by atoms with Crippen molar-refractivity contribution < 1.29 is 17.9 Å². The molecule has 9 heteroatoms. The maximum Gasteiger partial charge on any atom is 0.348 e. The van der Waals surface area contributed by atoms with Crippen LogP contribution in [0.4, 0.5) is 5.00 Å². The lowest BCUT2D eigenvalue weighted by molar-refractivity contribution is 0.0531. The Labute approximate surface area is 139 Å². The summed E-state index contributed by atoms with van der Waals surface area (Å²) in [4.78, 5) is 12.1. The van der Waals surface area contributed by atoms with Gasteiger partial charge in [0.25, 0.3) is 10.0 Å². The lowest BCUT2D eigenvalue weighted by atomic mass is 10.3. The van der Waals surface area contributed by atoms with E-state index in [4.69, 9.17) is 4.74 Å². The Morgan fingerprint density at radius 1 is 1.48 bits per heavy atom. The average molecular weight is 410 g/mol. The molecule has 0 aliphatic carbocycles. The van der Waals surface area contributed by atoms with Crippen molar-refractivity contribution in [3.8, 4) is 0 Å². The van der Waals surface area contributed by atoms with Gasteiger partial charge >= 0.3 is 5.97 Å². The summed E-state index contributed by atoms with van der Waals surface area (Å²) in [7, 11) is -3.66. The molecule has 0 bridgehead atoms. The molecule has 0 aliphatic rings. The summed E-state index contributed by atoms with van der Waals surface area (Å²) in [5.41, 5.74) is 0.682. The summed E-state index contributed by atoms with van der Waals surface area (Å²) in [5, 5.41) is 2.07. The Balaban J connectivity index is 2.27. The van der Waals surface area contributed by atoms with Gasteiger partial charge in [-0.2, -0.15) is 0 Å². The molecule has 0 unspecified atom stereocenters. The van der Waals surface area contributed by atoms with Crippen LogP contribution in [0.15, 0.2) is 26.2 Å². The molecule has 2 heterocycles. The van der Waals surface area contributed by atoms with Gasteiger partial charge in [0.05, 0.1) is 6.61 Å². The Kier molecular flexibility index (Phi) is 5.07. The van der Waals surface area contributed by atoms with Crippen LogP contribution in [0.25, 0.3) is 0 Å². The van der Waals surface area contributed by atoms with Crippen LogP contribution in [0.3, 0.4) is 0 Å². The number of hydrogen-bond acceptors (Lipinski definition) is 6. The first-order valence-corrected chi connectivity index (χ1v) is 9.85. The number of carbonyl (C=O) groups excluding carboxylic acids is 1. The first-order chi connectivity index (χ1) is 9.85. The number of anilines is 1. The van der Waals surface area contributed by atoms with Crippen molar-refractivity contribution in [2.75, 3.05) is 11.3 Å². The number of rotatable bonds is 5. The molecule has 0 atom stereocenters. The van der Waals surface area contributed by atoms with Crippen molar-refractivity contribution in [3.63, 3.8) is 0 Å². The van der Waals surface area contributed by atoms with Gasteiger partial charge in [0.15, 0.2) is 4.21 Å². The van der Waals surface area contributed by atoms with Gasteiger partial charge in [-0.3, -0.25) is 4.72 Å². The van der Waals surface area contributed by atoms with Crippen LogP contribution >= 0.6 is 38.6 Å². The van der Waals surface area contributed by atoms with Crippen molar-refractivity contribution >= 4 is 59.6 Å². The minimum Gasteiger partial charge on any atom is -0.462 e. The zero-order valence-corrected chi connectivity index (χ0v) is 15.2. The fourth-order valence-electron chi connectivity index (χ4n) is 1.58. The largest absolute Gasteiger partial charge is 0.462 e. The van der Waals surface area contributed by atoms with Crippen LogP contribution in [-0.2, 0) is 14.8 Å².